The second kappa shape index (κ2) is 12.0. The van der Waals surface area contributed by atoms with Crippen LogP contribution in [0.25, 0.3) is 0 Å². The summed E-state index contributed by atoms with van der Waals surface area (Å²) < 4.78 is 11.5. The summed E-state index contributed by atoms with van der Waals surface area (Å²) in [5, 5.41) is 0. The first-order chi connectivity index (χ1) is 13.6. The highest BCUT2D eigenvalue weighted by atomic mass is 16.6. The number of unbranched alkanes of at least 4 members (excludes halogenated alkanes) is 2. The zero-order chi connectivity index (χ0) is 21.9. The van der Waals surface area contributed by atoms with Gasteiger partial charge in [-0.3, -0.25) is 9.59 Å². The van der Waals surface area contributed by atoms with Crippen molar-refractivity contribution in [2.45, 2.75) is 104 Å². The zero-order valence-electron chi connectivity index (χ0n) is 19.3. The van der Waals surface area contributed by atoms with Crippen LogP contribution in [0.3, 0.4) is 0 Å². The Labute approximate surface area is 177 Å². The van der Waals surface area contributed by atoms with Gasteiger partial charge >= 0.3 is 11.9 Å². The first-order valence-electron chi connectivity index (χ1n) is 11.1. The first-order valence-corrected chi connectivity index (χ1v) is 11.1. The minimum Gasteiger partial charge on any atom is -0.460 e. The normalized spacial score (nSPS) is 13.8. The number of benzene rings is 1. The molecule has 0 aliphatic heterocycles. The van der Waals surface area contributed by atoms with Crippen molar-refractivity contribution in [1.29, 1.82) is 0 Å². The Morgan fingerprint density at radius 2 is 1.59 bits per heavy atom. The van der Waals surface area contributed by atoms with Crippen LogP contribution >= 0.6 is 0 Å². The van der Waals surface area contributed by atoms with Crippen LogP contribution in [-0.2, 0) is 25.5 Å². The Bertz CT molecular complexity index is 621. The van der Waals surface area contributed by atoms with Crippen LogP contribution in [0.1, 0.15) is 92.1 Å². The van der Waals surface area contributed by atoms with E-state index in [4.69, 9.17) is 9.47 Å². The largest absolute Gasteiger partial charge is 0.460 e. The molecule has 4 nitrogen and oxygen atoms in total. The van der Waals surface area contributed by atoms with Crippen LogP contribution in [0.5, 0.6) is 0 Å². The highest BCUT2D eigenvalue weighted by Gasteiger charge is 2.30. The predicted octanol–water partition coefficient (Wildman–Crippen LogP) is 6.26. The summed E-state index contributed by atoms with van der Waals surface area (Å²) in [4.78, 5) is 24.4. The van der Waals surface area contributed by atoms with Gasteiger partial charge in [0, 0.05) is 12.8 Å². The maximum absolute atomic E-state index is 12.2. The maximum atomic E-state index is 12.2. The SMILES string of the molecule is CCCCC(C)(C)OC(=O)CCCCC(C)(Cc1ccccc1)OC(=O)C(C)C. The van der Waals surface area contributed by atoms with E-state index in [1.165, 1.54) is 0 Å². The van der Waals surface area contributed by atoms with E-state index in [2.05, 4.69) is 19.1 Å². The molecule has 1 unspecified atom stereocenters. The average molecular weight is 405 g/mol. The topological polar surface area (TPSA) is 52.6 Å². The Kier molecular flexibility index (Phi) is 10.4. The van der Waals surface area contributed by atoms with Gasteiger partial charge in [0.2, 0.25) is 0 Å². The van der Waals surface area contributed by atoms with Gasteiger partial charge in [0.25, 0.3) is 0 Å². The number of esters is 2. The lowest BCUT2D eigenvalue weighted by molar-refractivity contribution is -0.163. The minimum absolute atomic E-state index is 0.143. The molecule has 0 saturated carbocycles. The fourth-order valence-electron chi connectivity index (χ4n) is 3.34. The standard InChI is InChI=1S/C25H40O4/c1-7-8-17-24(4,5)28-22(26)16-12-13-18-25(6,29-23(27)20(2)3)19-21-14-10-9-11-15-21/h9-11,14-15,20H,7-8,12-13,16-19H2,1-6H3. The molecule has 0 N–H and O–H groups in total. The summed E-state index contributed by atoms with van der Waals surface area (Å²) in [6, 6.07) is 10.1. The van der Waals surface area contributed by atoms with E-state index in [0.717, 1.165) is 37.7 Å². The quantitative estimate of drug-likeness (QED) is 0.288. The summed E-state index contributed by atoms with van der Waals surface area (Å²) in [5.41, 5.74) is 0.165. The lowest BCUT2D eigenvalue weighted by Crippen LogP contribution is -2.36. The molecular weight excluding hydrogens is 364 g/mol. The molecule has 0 amide bonds. The summed E-state index contributed by atoms with van der Waals surface area (Å²) in [6.07, 6.45) is 6.35. The second-order valence-corrected chi connectivity index (χ2v) is 9.23. The number of hydrogen-bond acceptors (Lipinski definition) is 4. The van der Waals surface area contributed by atoms with Gasteiger partial charge in [0.05, 0.1) is 5.92 Å². The zero-order valence-corrected chi connectivity index (χ0v) is 19.3. The third kappa shape index (κ3) is 10.5. The minimum atomic E-state index is -0.576. The van der Waals surface area contributed by atoms with Gasteiger partial charge in [0.15, 0.2) is 0 Å². The number of carbonyl (C=O) groups excluding carboxylic acids is 2. The fraction of sp³-hybridized carbons (Fsp3) is 0.680. The molecule has 0 fully saturated rings. The lowest BCUT2D eigenvalue weighted by Gasteiger charge is -2.31. The number of hydrogen-bond donors (Lipinski definition) is 0. The predicted molar refractivity (Wildman–Crippen MR) is 118 cm³/mol. The molecular formula is C25H40O4. The van der Waals surface area contributed by atoms with Crippen molar-refractivity contribution < 1.29 is 19.1 Å². The summed E-state index contributed by atoms with van der Waals surface area (Å²) in [6.45, 7) is 11.8. The van der Waals surface area contributed by atoms with Crippen molar-refractivity contribution in [3.63, 3.8) is 0 Å². The number of ether oxygens (including phenoxy) is 2. The second-order valence-electron chi connectivity index (χ2n) is 9.23. The van der Waals surface area contributed by atoms with E-state index in [0.29, 0.717) is 19.3 Å². The molecule has 1 aromatic rings. The molecule has 4 heteroatoms. The Morgan fingerprint density at radius 1 is 0.931 bits per heavy atom. The van der Waals surface area contributed by atoms with Crippen molar-refractivity contribution in [2.75, 3.05) is 0 Å². The van der Waals surface area contributed by atoms with Crippen molar-refractivity contribution in [3.05, 3.63) is 35.9 Å². The molecule has 0 aliphatic rings. The molecule has 0 bridgehead atoms. The van der Waals surface area contributed by atoms with Crippen molar-refractivity contribution in [3.8, 4) is 0 Å². The van der Waals surface area contributed by atoms with Crippen molar-refractivity contribution in [2.24, 2.45) is 5.92 Å². The third-order valence-corrected chi connectivity index (χ3v) is 5.10. The molecule has 0 aromatic heterocycles. The Hall–Kier alpha value is -1.84. The van der Waals surface area contributed by atoms with Crippen LogP contribution in [0.4, 0.5) is 0 Å². The number of rotatable bonds is 13. The summed E-state index contributed by atoms with van der Waals surface area (Å²) >= 11 is 0. The van der Waals surface area contributed by atoms with Gasteiger partial charge in [0.1, 0.15) is 11.2 Å². The highest BCUT2D eigenvalue weighted by Crippen LogP contribution is 2.26. The van der Waals surface area contributed by atoms with Crippen LogP contribution in [0.2, 0.25) is 0 Å². The van der Waals surface area contributed by atoms with Gasteiger partial charge in [-0.2, -0.15) is 0 Å². The lowest BCUT2D eigenvalue weighted by atomic mass is 9.90. The third-order valence-electron chi connectivity index (χ3n) is 5.10. The molecule has 0 aliphatic carbocycles. The van der Waals surface area contributed by atoms with Crippen LogP contribution < -0.4 is 0 Å². The summed E-state index contributed by atoms with van der Waals surface area (Å²) in [7, 11) is 0. The Balaban J connectivity index is 2.57. The maximum Gasteiger partial charge on any atom is 0.308 e. The molecule has 164 valence electrons. The van der Waals surface area contributed by atoms with E-state index >= 15 is 0 Å². The van der Waals surface area contributed by atoms with E-state index in [1.807, 2.05) is 52.8 Å². The van der Waals surface area contributed by atoms with Gasteiger partial charge in [-0.1, -0.05) is 57.5 Å². The molecule has 0 spiro atoms. The molecule has 1 atom stereocenters. The van der Waals surface area contributed by atoms with E-state index < -0.39 is 11.2 Å². The van der Waals surface area contributed by atoms with Crippen LogP contribution in [0.15, 0.2) is 30.3 Å². The van der Waals surface area contributed by atoms with Gasteiger partial charge in [-0.15, -0.1) is 0 Å². The van der Waals surface area contributed by atoms with E-state index in [1.54, 1.807) is 0 Å². The van der Waals surface area contributed by atoms with E-state index in [9.17, 15) is 9.59 Å². The molecule has 0 heterocycles. The van der Waals surface area contributed by atoms with Crippen LogP contribution in [0, 0.1) is 5.92 Å². The molecule has 1 aromatic carbocycles. The van der Waals surface area contributed by atoms with Crippen molar-refractivity contribution in [1.82, 2.24) is 0 Å². The van der Waals surface area contributed by atoms with Gasteiger partial charge in [-0.05, 0) is 58.4 Å². The van der Waals surface area contributed by atoms with Gasteiger partial charge in [-0.25, -0.2) is 0 Å². The molecule has 29 heavy (non-hydrogen) atoms. The fourth-order valence-corrected chi connectivity index (χ4v) is 3.34. The average Bonchev–Trinajstić information content (AvgIpc) is 2.64. The van der Waals surface area contributed by atoms with E-state index in [-0.39, 0.29) is 17.9 Å². The monoisotopic (exact) mass is 404 g/mol. The summed E-state index contributed by atoms with van der Waals surface area (Å²) in [5.74, 6) is -0.485. The van der Waals surface area contributed by atoms with Crippen LogP contribution in [-0.4, -0.2) is 23.1 Å². The Morgan fingerprint density at radius 3 is 2.17 bits per heavy atom. The smallest absolute Gasteiger partial charge is 0.308 e. The number of carbonyl (C=O) groups is 2. The molecule has 0 saturated heterocycles. The first kappa shape index (κ1) is 25.2. The molecule has 0 radical (unpaired) electrons. The van der Waals surface area contributed by atoms with Gasteiger partial charge < -0.3 is 9.47 Å². The molecule has 1 rings (SSSR count). The highest BCUT2D eigenvalue weighted by molar-refractivity contribution is 5.72. The van der Waals surface area contributed by atoms with Crippen molar-refractivity contribution >= 4 is 11.9 Å².